The number of methoxy groups -OCH3 is 1. The number of fused-ring (bicyclic) bond motifs is 1. The highest BCUT2D eigenvalue weighted by Crippen LogP contribution is 2.31. The van der Waals surface area contributed by atoms with Gasteiger partial charge in [0.1, 0.15) is 5.56 Å². The quantitative estimate of drug-likeness (QED) is 0.916. The largest absolute Gasteiger partial charge is 0.480 e. The third-order valence-electron chi connectivity index (χ3n) is 5.69. The smallest absolute Gasteiger partial charge is 0.259 e. The van der Waals surface area contributed by atoms with Crippen molar-refractivity contribution in [2.75, 3.05) is 20.2 Å². The molecule has 0 saturated carbocycles. The minimum absolute atomic E-state index is 0.0336. The topological polar surface area (TPSA) is 71.1 Å². The molecule has 2 aromatic heterocycles. The summed E-state index contributed by atoms with van der Waals surface area (Å²) in [6.45, 7) is 3.64. The fraction of sp³-hybridized carbons (Fsp3) is 0.550. The molecule has 138 valence electrons. The Morgan fingerprint density at radius 1 is 1.38 bits per heavy atom. The molecule has 0 radical (unpaired) electrons. The summed E-state index contributed by atoms with van der Waals surface area (Å²) in [6, 6.07) is 2.01. The van der Waals surface area contributed by atoms with Gasteiger partial charge in [0.2, 0.25) is 5.88 Å². The van der Waals surface area contributed by atoms with Crippen molar-refractivity contribution in [1.29, 1.82) is 0 Å². The van der Waals surface area contributed by atoms with Crippen LogP contribution in [0.25, 0.3) is 0 Å². The van der Waals surface area contributed by atoms with Gasteiger partial charge in [0, 0.05) is 30.4 Å². The van der Waals surface area contributed by atoms with Crippen molar-refractivity contribution in [2.24, 2.45) is 0 Å². The first kappa shape index (κ1) is 17.1. The number of nitrogens with zero attached hydrogens (tertiary/aromatic N) is 3. The van der Waals surface area contributed by atoms with Crippen LogP contribution in [0.5, 0.6) is 5.88 Å². The lowest BCUT2D eigenvalue weighted by atomic mass is 9.91. The predicted molar refractivity (Wildman–Crippen MR) is 98.7 cm³/mol. The van der Waals surface area contributed by atoms with Gasteiger partial charge in [-0.25, -0.2) is 4.98 Å². The normalized spacial score (nSPS) is 19.5. The van der Waals surface area contributed by atoms with Crippen LogP contribution in [-0.4, -0.2) is 46.2 Å². The molecule has 6 nitrogen and oxygen atoms in total. The third kappa shape index (κ3) is 2.97. The van der Waals surface area contributed by atoms with Crippen molar-refractivity contribution in [3.05, 3.63) is 40.3 Å². The summed E-state index contributed by atoms with van der Waals surface area (Å²) < 4.78 is 5.44. The van der Waals surface area contributed by atoms with Crippen molar-refractivity contribution in [1.82, 2.24) is 20.1 Å². The van der Waals surface area contributed by atoms with E-state index >= 15 is 0 Å². The Hall–Kier alpha value is -2.37. The lowest BCUT2D eigenvalue weighted by molar-refractivity contribution is 0.0701. The average molecular weight is 354 g/mol. The maximum atomic E-state index is 13.2. The summed E-state index contributed by atoms with van der Waals surface area (Å²) in [5.41, 5.74) is 5.32. The minimum atomic E-state index is 0.0336. The Kier molecular flexibility index (Phi) is 4.66. The zero-order valence-electron chi connectivity index (χ0n) is 15.5. The first-order chi connectivity index (χ1) is 12.7. The van der Waals surface area contributed by atoms with Crippen LogP contribution in [0.4, 0.5) is 0 Å². The molecule has 0 unspecified atom stereocenters. The number of rotatable bonds is 4. The van der Waals surface area contributed by atoms with E-state index in [1.165, 1.54) is 16.8 Å². The Bertz CT molecular complexity index is 814. The number of ether oxygens (including phenoxy) is 1. The highest BCUT2D eigenvalue weighted by Gasteiger charge is 2.30. The molecule has 26 heavy (non-hydrogen) atoms. The SMILES string of the molecule is CCc1cn[nH]c1[C@H]1CCCN(C(=O)c2cc3c(nc2OC)CCC3)C1. The van der Waals surface area contributed by atoms with Crippen molar-refractivity contribution in [2.45, 2.75) is 51.4 Å². The van der Waals surface area contributed by atoms with E-state index in [4.69, 9.17) is 4.74 Å². The van der Waals surface area contributed by atoms with Gasteiger partial charge in [-0.3, -0.25) is 9.89 Å². The molecule has 2 aromatic rings. The van der Waals surface area contributed by atoms with E-state index in [-0.39, 0.29) is 5.91 Å². The number of likely N-dealkylation sites (tertiary alicyclic amines) is 1. The molecule has 0 aromatic carbocycles. The summed E-state index contributed by atoms with van der Waals surface area (Å²) in [4.78, 5) is 19.8. The van der Waals surface area contributed by atoms with Gasteiger partial charge < -0.3 is 9.64 Å². The Morgan fingerprint density at radius 2 is 2.27 bits per heavy atom. The first-order valence-corrected chi connectivity index (χ1v) is 9.59. The average Bonchev–Trinajstić information content (AvgIpc) is 3.34. The Labute approximate surface area is 154 Å². The van der Waals surface area contributed by atoms with Crippen LogP contribution in [0.3, 0.4) is 0 Å². The molecule has 0 bridgehead atoms. The second kappa shape index (κ2) is 7.09. The number of pyridine rings is 1. The second-order valence-corrected chi connectivity index (χ2v) is 7.26. The van der Waals surface area contributed by atoms with Gasteiger partial charge in [-0.05, 0) is 55.7 Å². The van der Waals surface area contributed by atoms with Gasteiger partial charge in [-0.2, -0.15) is 5.10 Å². The monoisotopic (exact) mass is 354 g/mol. The molecule has 1 saturated heterocycles. The first-order valence-electron chi connectivity index (χ1n) is 9.59. The standard InChI is InChI=1S/C20H26N4O2/c1-3-13-11-21-23-18(13)15-7-5-9-24(12-15)20(25)16-10-14-6-4-8-17(14)22-19(16)26-2/h10-11,15H,3-9,12H2,1-2H3,(H,21,23)/t15-/m0/s1. The Balaban J connectivity index is 1.58. The molecule has 4 rings (SSSR count). The molecule has 1 amide bonds. The molecule has 1 aliphatic carbocycles. The summed E-state index contributed by atoms with van der Waals surface area (Å²) in [5.74, 6) is 0.818. The number of carbonyl (C=O) groups excluding carboxylic acids is 1. The highest BCUT2D eigenvalue weighted by molar-refractivity contribution is 5.96. The second-order valence-electron chi connectivity index (χ2n) is 7.26. The van der Waals surface area contributed by atoms with Crippen LogP contribution in [0.2, 0.25) is 0 Å². The molecule has 2 aliphatic rings. The number of amides is 1. The predicted octanol–water partition coefficient (Wildman–Crippen LogP) is 2.88. The Morgan fingerprint density at radius 3 is 3.08 bits per heavy atom. The van der Waals surface area contributed by atoms with E-state index in [9.17, 15) is 4.79 Å². The maximum Gasteiger partial charge on any atom is 0.259 e. The third-order valence-corrected chi connectivity index (χ3v) is 5.69. The number of aromatic amines is 1. The number of nitrogens with one attached hydrogen (secondary N) is 1. The van der Waals surface area contributed by atoms with Crippen LogP contribution in [0.15, 0.2) is 12.3 Å². The van der Waals surface area contributed by atoms with Crippen LogP contribution < -0.4 is 4.74 Å². The van der Waals surface area contributed by atoms with E-state index in [1.807, 2.05) is 17.2 Å². The van der Waals surface area contributed by atoms with Gasteiger partial charge in [-0.15, -0.1) is 0 Å². The van der Waals surface area contributed by atoms with Gasteiger partial charge in [0.25, 0.3) is 5.91 Å². The number of aromatic nitrogens is 3. The number of aryl methyl sites for hydroxylation is 3. The van der Waals surface area contributed by atoms with Crippen molar-refractivity contribution in [3.63, 3.8) is 0 Å². The zero-order valence-corrected chi connectivity index (χ0v) is 15.5. The summed E-state index contributed by atoms with van der Waals surface area (Å²) in [5, 5.41) is 7.36. The maximum absolute atomic E-state index is 13.2. The lowest BCUT2D eigenvalue weighted by Gasteiger charge is -2.33. The van der Waals surface area contributed by atoms with E-state index in [2.05, 4.69) is 22.1 Å². The van der Waals surface area contributed by atoms with E-state index in [1.54, 1.807) is 7.11 Å². The van der Waals surface area contributed by atoms with Crippen molar-refractivity contribution >= 4 is 5.91 Å². The molecule has 1 aliphatic heterocycles. The number of H-pyrrole nitrogens is 1. The van der Waals surface area contributed by atoms with E-state index in [0.717, 1.165) is 50.8 Å². The summed E-state index contributed by atoms with van der Waals surface area (Å²) >= 11 is 0. The highest BCUT2D eigenvalue weighted by atomic mass is 16.5. The van der Waals surface area contributed by atoms with Crippen molar-refractivity contribution < 1.29 is 9.53 Å². The number of hydrogen-bond acceptors (Lipinski definition) is 4. The number of piperidine rings is 1. The molecule has 0 spiro atoms. The summed E-state index contributed by atoms with van der Waals surface area (Å²) in [6.07, 6.45) is 8.03. The number of hydrogen-bond donors (Lipinski definition) is 1. The summed E-state index contributed by atoms with van der Waals surface area (Å²) in [7, 11) is 1.59. The van der Waals surface area contributed by atoms with Gasteiger partial charge in [-0.1, -0.05) is 6.92 Å². The molecule has 1 atom stereocenters. The number of carbonyl (C=O) groups is 1. The molecule has 6 heteroatoms. The molecule has 3 heterocycles. The fourth-order valence-electron chi connectivity index (χ4n) is 4.29. The van der Waals surface area contributed by atoms with Crippen LogP contribution in [0.1, 0.15) is 65.0 Å². The molecular formula is C20H26N4O2. The van der Waals surface area contributed by atoms with Crippen LogP contribution in [0, 0.1) is 0 Å². The van der Waals surface area contributed by atoms with E-state index in [0.29, 0.717) is 23.9 Å². The zero-order chi connectivity index (χ0) is 18.1. The molecule has 1 fully saturated rings. The van der Waals surface area contributed by atoms with Gasteiger partial charge in [0.05, 0.1) is 13.3 Å². The van der Waals surface area contributed by atoms with Crippen molar-refractivity contribution in [3.8, 4) is 5.88 Å². The lowest BCUT2D eigenvalue weighted by Crippen LogP contribution is -2.39. The molecular weight excluding hydrogens is 328 g/mol. The van der Waals surface area contributed by atoms with Gasteiger partial charge in [0.15, 0.2) is 0 Å². The van der Waals surface area contributed by atoms with Crippen LogP contribution >= 0.6 is 0 Å². The van der Waals surface area contributed by atoms with Crippen LogP contribution in [-0.2, 0) is 19.3 Å². The van der Waals surface area contributed by atoms with Gasteiger partial charge >= 0.3 is 0 Å². The van der Waals surface area contributed by atoms with E-state index < -0.39 is 0 Å². The fourth-order valence-corrected chi connectivity index (χ4v) is 4.29. The molecule has 1 N–H and O–H groups in total. The minimum Gasteiger partial charge on any atom is -0.480 e.